The Hall–Kier alpha value is -2.42. The molecule has 0 radical (unpaired) electrons. The van der Waals surface area contributed by atoms with Crippen molar-refractivity contribution in [3.05, 3.63) is 30.0 Å². The summed E-state index contributed by atoms with van der Waals surface area (Å²) in [5.41, 5.74) is 1.46. The maximum Gasteiger partial charge on any atom is 0.258 e. The predicted octanol–water partition coefficient (Wildman–Crippen LogP) is 2.38. The van der Waals surface area contributed by atoms with Crippen molar-refractivity contribution in [2.45, 2.75) is 44.4 Å². The molecule has 8 nitrogen and oxygen atoms in total. The first-order chi connectivity index (χ1) is 12.7. The lowest BCUT2D eigenvalue weighted by molar-refractivity contribution is -0.118. The van der Waals surface area contributed by atoms with Crippen LogP contribution >= 0.6 is 11.8 Å². The fraction of sp³-hybridized carbons (Fsp3) is 0.471. The Morgan fingerprint density at radius 2 is 2.23 bits per heavy atom. The standard InChI is InChI=1S/C17H20N6O2S/c1-11-19-17(25-22-11)12-6-7-23-14(8-12)20-21-15(23)9-18-16(24)10-26-13-4-2-3-5-13/h6-8,13H,2-5,9-10H2,1H3,(H,18,24). The van der Waals surface area contributed by atoms with Gasteiger partial charge >= 0.3 is 0 Å². The molecule has 1 N–H and O–H groups in total. The largest absolute Gasteiger partial charge is 0.348 e. The number of thioether (sulfide) groups is 1. The van der Waals surface area contributed by atoms with Crippen LogP contribution in [0.2, 0.25) is 0 Å². The number of aromatic nitrogens is 5. The molecule has 9 heteroatoms. The highest BCUT2D eigenvalue weighted by molar-refractivity contribution is 8.00. The van der Waals surface area contributed by atoms with E-state index in [-0.39, 0.29) is 5.91 Å². The Balaban J connectivity index is 1.38. The lowest BCUT2D eigenvalue weighted by atomic mass is 10.2. The zero-order valence-electron chi connectivity index (χ0n) is 14.5. The summed E-state index contributed by atoms with van der Waals surface area (Å²) in [6, 6.07) is 3.70. The van der Waals surface area contributed by atoms with Gasteiger partial charge < -0.3 is 9.84 Å². The van der Waals surface area contributed by atoms with Gasteiger partial charge in [0.1, 0.15) is 0 Å². The molecule has 136 valence electrons. The molecule has 0 bridgehead atoms. The minimum atomic E-state index is 0.0385. The van der Waals surface area contributed by atoms with Crippen molar-refractivity contribution in [2.24, 2.45) is 0 Å². The summed E-state index contributed by atoms with van der Waals surface area (Å²) >= 11 is 1.76. The lowest BCUT2D eigenvalue weighted by Crippen LogP contribution is -2.26. The number of nitrogens with zero attached hydrogens (tertiary/aromatic N) is 5. The molecule has 3 aromatic heterocycles. The predicted molar refractivity (Wildman–Crippen MR) is 97.6 cm³/mol. The van der Waals surface area contributed by atoms with Crippen molar-refractivity contribution in [3.63, 3.8) is 0 Å². The molecule has 1 saturated carbocycles. The van der Waals surface area contributed by atoms with Crippen molar-refractivity contribution in [3.8, 4) is 11.5 Å². The molecule has 0 spiro atoms. The van der Waals surface area contributed by atoms with Crippen LogP contribution in [0, 0.1) is 6.92 Å². The number of fused-ring (bicyclic) bond motifs is 1. The van der Waals surface area contributed by atoms with Gasteiger partial charge in [-0.25, -0.2) is 0 Å². The third-order valence-electron chi connectivity index (χ3n) is 4.45. The van der Waals surface area contributed by atoms with Gasteiger partial charge in [0.2, 0.25) is 5.91 Å². The third-order valence-corrected chi connectivity index (χ3v) is 5.82. The Bertz CT molecular complexity index is 915. The number of carbonyl (C=O) groups is 1. The second-order valence-corrected chi connectivity index (χ2v) is 7.69. The molecule has 26 heavy (non-hydrogen) atoms. The molecular formula is C17H20N6O2S. The van der Waals surface area contributed by atoms with Crippen LogP contribution < -0.4 is 5.32 Å². The fourth-order valence-electron chi connectivity index (χ4n) is 3.09. The molecule has 0 atom stereocenters. The normalized spacial score (nSPS) is 15.0. The van der Waals surface area contributed by atoms with Gasteiger partial charge in [-0.1, -0.05) is 18.0 Å². The van der Waals surface area contributed by atoms with E-state index in [9.17, 15) is 4.79 Å². The molecule has 1 amide bonds. The van der Waals surface area contributed by atoms with Crippen molar-refractivity contribution in [2.75, 3.05) is 5.75 Å². The van der Waals surface area contributed by atoms with Gasteiger partial charge in [0.15, 0.2) is 17.3 Å². The Morgan fingerprint density at radius 3 is 3.00 bits per heavy atom. The topological polar surface area (TPSA) is 98.2 Å². The Labute approximate surface area is 154 Å². The molecule has 0 unspecified atom stereocenters. The van der Waals surface area contributed by atoms with Crippen LogP contribution in [0.1, 0.15) is 37.3 Å². The van der Waals surface area contributed by atoms with E-state index in [1.54, 1.807) is 18.7 Å². The highest BCUT2D eigenvalue weighted by Crippen LogP contribution is 2.29. The van der Waals surface area contributed by atoms with Gasteiger partial charge in [0.05, 0.1) is 12.3 Å². The lowest BCUT2D eigenvalue weighted by Gasteiger charge is -2.08. The maximum atomic E-state index is 12.1. The third kappa shape index (κ3) is 3.72. The molecule has 1 aliphatic carbocycles. The molecule has 3 aromatic rings. The average molecular weight is 372 g/mol. The van der Waals surface area contributed by atoms with Crippen molar-refractivity contribution >= 4 is 23.3 Å². The summed E-state index contributed by atoms with van der Waals surface area (Å²) in [6.45, 7) is 2.12. The molecule has 4 rings (SSSR count). The van der Waals surface area contributed by atoms with Crippen LogP contribution in [-0.2, 0) is 11.3 Å². The minimum Gasteiger partial charge on any atom is -0.348 e. The van der Waals surface area contributed by atoms with Crippen LogP contribution in [0.3, 0.4) is 0 Å². The van der Waals surface area contributed by atoms with Crippen molar-refractivity contribution in [1.29, 1.82) is 0 Å². The molecule has 0 saturated heterocycles. The number of hydrogen-bond acceptors (Lipinski definition) is 7. The molecule has 1 fully saturated rings. The van der Waals surface area contributed by atoms with Gasteiger partial charge in [0.25, 0.3) is 5.89 Å². The quantitative estimate of drug-likeness (QED) is 0.709. The van der Waals surface area contributed by atoms with Gasteiger partial charge in [-0.15, -0.1) is 22.0 Å². The number of carbonyl (C=O) groups excluding carboxylic acids is 1. The van der Waals surface area contributed by atoms with Crippen molar-refractivity contribution in [1.82, 2.24) is 30.1 Å². The SMILES string of the molecule is Cc1noc(-c2ccn3c(CNC(=O)CSC4CCCC4)nnc3c2)n1. The van der Waals surface area contributed by atoms with E-state index in [1.807, 2.05) is 22.7 Å². The summed E-state index contributed by atoms with van der Waals surface area (Å²) in [5.74, 6) is 2.26. The number of rotatable bonds is 6. The average Bonchev–Trinajstić information content (AvgIpc) is 3.38. The number of nitrogens with one attached hydrogen (secondary N) is 1. The van der Waals surface area contributed by atoms with E-state index in [0.29, 0.717) is 40.7 Å². The first-order valence-corrected chi connectivity index (χ1v) is 9.76. The minimum absolute atomic E-state index is 0.0385. The smallest absolute Gasteiger partial charge is 0.258 e. The van der Waals surface area contributed by atoms with E-state index >= 15 is 0 Å². The molecule has 0 aromatic carbocycles. The number of aryl methyl sites for hydroxylation is 1. The fourth-order valence-corrected chi connectivity index (χ4v) is 4.24. The van der Waals surface area contributed by atoms with Crippen LogP contribution in [0.5, 0.6) is 0 Å². The number of amides is 1. The number of pyridine rings is 1. The van der Waals surface area contributed by atoms with Gasteiger partial charge in [-0.3, -0.25) is 9.20 Å². The molecular weight excluding hydrogens is 352 g/mol. The zero-order valence-corrected chi connectivity index (χ0v) is 15.3. The van der Waals surface area contributed by atoms with E-state index in [2.05, 4.69) is 25.7 Å². The monoisotopic (exact) mass is 372 g/mol. The Kier molecular flexibility index (Phi) is 4.87. The highest BCUT2D eigenvalue weighted by atomic mass is 32.2. The van der Waals surface area contributed by atoms with Crippen LogP contribution in [0.4, 0.5) is 0 Å². The van der Waals surface area contributed by atoms with Gasteiger partial charge in [-0.05, 0) is 31.9 Å². The van der Waals surface area contributed by atoms with Crippen LogP contribution in [0.15, 0.2) is 22.9 Å². The molecule has 1 aliphatic rings. The van der Waals surface area contributed by atoms with Gasteiger partial charge in [-0.2, -0.15) is 4.98 Å². The van der Waals surface area contributed by atoms with Crippen LogP contribution in [0.25, 0.3) is 17.1 Å². The number of hydrogen-bond donors (Lipinski definition) is 1. The van der Waals surface area contributed by atoms with E-state index < -0.39 is 0 Å². The highest BCUT2D eigenvalue weighted by Gasteiger charge is 2.17. The molecule has 3 heterocycles. The summed E-state index contributed by atoms with van der Waals surface area (Å²) in [4.78, 5) is 16.3. The molecule has 0 aliphatic heterocycles. The summed E-state index contributed by atoms with van der Waals surface area (Å²) in [6.07, 6.45) is 6.88. The van der Waals surface area contributed by atoms with Crippen molar-refractivity contribution < 1.29 is 9.32 Å². The summed E-state index contributed by atoms with van der Waals surface area (Å²) < 4.78 is 7.02. The maximum absolute atomic E-state index is 12.1. The second-order valence-electron chi connectivity index (χ2n) is 6.40. The van der Waals surface area contributed by atoms with E-state index in [0.717, 1.165) is 5.56 Å². The second kappa shape index (κ2) is 7.45. The Morgan fingerprint density at radius 1 is 1.38 bits per heavy atom. The first kappa shape index (κ1) is 17.0. The van der Waals surface area contributed by atoms with E-state index in [4.69, 9.17) is 4.52 Å². The summed E-state index contributed by atoms with van der Waals surface area (Å²) in [7, 11) is 0. The van der Waals surface area contributed by atoms with Crippen LogP contribution in [-0.4, -0.2) is 41.6 Å². The van der Waals surface area contributed by atoms with Gasteiger partial charge in [0, 0.05) is 17.0 Å². The zero-order chi connectivity index (χ0) is 17.9. The summed E-state index contributed by atoms with van der Waals surface area (Å²) in [5, 5.41) is 15.7. The first-order valence-electron chi connectivity index (χ1n) is 8.72. The van der Waals surface area contributed by atoms with E-state index in [1.165, 1.54) is 25.7 Å².